The van der Waals surface area contributed by atoms with Gasteiger partial charge in [0.05, 0.1) is 13.2 Å². The Kier molecular flexibility index (Phi) is 12.3. The van der Waals surface area contributed by atoms with Gasteiger partial charge in [-0.15, -0.1) is 0 Å². The van der Waals surface area contributed by atoms with Crippen molar-refractivity contribution in [3.8, 4) is 0 Å². The summed E-state index contributed by atoms with van der Waals surface area (Å²) in [6.07, 6.45) is 3.09. The van der Waals surface area contributed by atoms with E-state index < -0.39 is 0 Å². The van der Waals surface area contributed by atoms with Crippen molar-refractivity contribution in [2.24, 2.45) is 5.92 Å². The van der Waals surface area contributed by atoms with Crippen LogP contribution in [-0.4, -0.2) is 50.6 Å². The smallest absolute Gasteiger partial charge is 0.332 e. The average molecular weight is 261 g/mol. The standard InChI is InChI=1S/C13H27NO4/c1-3-5-12(6-8-15)10-14-7-9-17-11-13(16)18-4-2/h12,14-15H,3-11H2,1-2H3. The van der Waals surface area contributed by atoms with Gasteiger partial charge in [0, 0.05) is 13.2 Å². The van der Waals surface area contributed by atoms with Crippen molar-refractivity contribution in [3.05, 3.63) is 0 Å². The molecule has 1 unspecified atom stereocenters. The summed E-state index contributed by atoms with van der Waals surface area (Å²) in [6, 6.07) is 0. The fourth-order valence-corrected chi connectivity index (χ4v) is 1.75. The second-order valence-electron chi connectivity index (χ2n) is 4.23. The number of ether oxygens (including phenoxy) is 2. The molecule has 0 aliphatic heterocycles. The maximum absolute atomic E-state index is 11.0. The lowest BCUT2D eigenvalue weighted by Gasteiger charge is -2.15. The van der Waals surface area contributed by atoms with Crippen LogP contribution in [0, 0.1) is 5.92 Å². The minimum Gasteiger partial charge on any atom is -0.464 e. The van der Waals surface area contributed by atoms with E-state index in [1.165, 1.54) is 0 Å². The first-order valence-electron chi connectivity index (χ1n) is 6.79. The number of carbonyl (C=O) groups excluding carboxylic acids is 1. The summed E-state index contributed by atoms with van der Waals surface area (Å²) >= 11 is 0. The van der Waals surface area contributed by atoms with Gasteiger partial charge in [0.2, 0.25) is 0 Å². The Morgan fingerprint density at radius 1 is 1.33 bits per heavy atom. The number of nitrogens with one attached hydrogen (secondary N) is 1. The van der Waals surface area contributed by atoms with Crippen LogP contribution in [0.25, 0.3) is 0 Å². The van der Waals surface area contributed by atoms with E-state index in [0.29, 0.717) is 25.7 Å². The molecular formula is C13H27NO4. The van der Waals surface area contributed by atoms with Crippen molar-refractivity contribution in [1.29, 1.82) is 0 Å². The first-order chi connectivity index (χ1) is 8.74. The molecule has 0 aromatic heterocycles. The van der Waals surface area contributed by atoms with Gasteiger partial charge in [-0.25, -0.2) is 4.79 Å². The molecule has 108 valence electrons. The zero-order valence-electron chi connectivity index (χ0n) is 11.6. The third-order valence-corrected chi connectivity index (χ3v) is 2.62. The Labute approximate surface area is 110 Å². The maximum Gasteiger partial charge on any atom is 0.332 e. The Balaban J connectivity index is 3.39. The molecule has 0 aromatic rings. The van der Waals surface area contributed by atoms with Gasteiger partial charge in [0.15, 0.2) is 0 Å². The summed E-state index contributed by atoms with van der Waals surface area (Å²) in [6.45, 7) is 6.66. The van der Waals surface area contributed by atoms with Gasteiger partial charge in [-0.2, -0.15) is 0 Å². The second-order valence-corrected chi connectivity index (χ2v) is 4.23. The predicted molar refractivity (Wildman–Crippen MR) is 70.4 cm³/mol. The molecule has 0 amide bonds. The van der Waals surface area contributed by atoms with Gasteiger partial charge >= 0.3 is 5.97 Å². The molecule has 5 heteroatoms. The highest BCUT2D eigenvalue weighted by atomic mass is 16.6. The summed E-state index contributed by atoms with van der Waals surface area (Å²) in [5.74, 6) is 0.201. The zero-order chi connectivity index (χ0) is 13.6. The van der Waals surface area contributed by atoms with E-state index in [-0.39, 0.29) is 19.2 Å². The second kappa shape index (κ2) is 12.8. The van der Waals surface area contributed by atoms with Crippen LogP contribution in [0.2, 0.25) is 0 Å². The predicted octanol–water partition coefficient (Wildman–Crippen LogP) is 0.954. The molecule has 0 rings (SSSR count). The van der Waals surface area contributed by atoms with Crippen LogP contribution >= 0.6 is 0 Å². The van der Waals surface area contributed by atoms with Gasteiger partial charge < -0.3 is 19.9 Å². The van der Waals surface area contributed by atoms with Crippen molar-refractivity contribution in [2.75, 3.05) is 39.5 Å². The Bertz CT molecular complexity index is 193. The molecule has 0 aromatic carbocycles. The monoisotopic (exact) mass is 261 g/mol. The van der Waals surface area contributed by atoms with Gasteiger partial charge in [-0.05, 0) is 32.2 Å². The number of hydrogen-bond donors (Lipinski definition) is 2. The van der Waals surface area contributed by atoms with E-state index in [9.17, 15) is 4.79 Å². The molecule has 0 fully saturated rings. The lowest BCUT2D eigenvalue weighted by molar-refractivity contribution is -0.148. The molecule has 0 bridgehead atoms. The highest BCUT2D eigenvalue weighted by Gasteiger charge is 2.06. The molecule has 0 saturated heterocycles. The SMILES string of the molecule is CCCC(CCO)CNCCOCC(=O)OCC. The third-order valence-electron chi connectivity index (χ3n) is 2.62. The van der Waals surface area contributed by atoms with E-state index in [4.69, 9.17) is 14.6 Å². The molecule has 2 N–H and O–H groups in total. The number of aliphatic hydroxyl groups is 1. The van der Waals surface area contributed by atoms with Crippen molar-refractivity contribution < 1.29 is 19.4 Å². The highest BCUT2D eigenvalue weighted by Crippen LogP contribution is 2.08. The average Bonchev–Trinajstić information content (AvgIpc) is 2.34. The van der Waals surface area contributed by atoms with Crippen molar-refractivity contribution in [3.63, 3.8) is 0 Å². The molecule has 0 saturated carbocycles. The number of hydrogen-bond acceptors (Lipinski definition) is 5. The van der Waals surface area contributed by atoms with E-state index in [1.807, 2.05) is 0 Å². The van der Waals surface area contributed by atoms with Crippen LogP contribution in [0.5, 0.6) is 0 Å². The molecule has 0 heterocycles. The first kappa shape index (κ1) is 17.4. The van der Waals surface area contributed by atoms with Crippen molar-refractivity contribution >= 4 is 5.97 Å². The molecule has 0 spiro atoms. The van der Waals surface area contributed by atoms with Crippen molar-refractivity contribution in [2.45, 2.75) is 33.1 Å². The lowest BCUT2D eigenvalue weighted by Crippen LogP contribution is -2.27. The number of esters is 1. The highest BCUT2D eigenvalue weighted by molar-refractivity contribution is 5.70. The summed E-state index contributed by atoms with van der Waals surface area (Å²) < 4.78 is 9.90. The number of rotatable bonds is 12. The summed E-state index contributed by atoms with van der Waals surface area (Å²) in [4.78, 5) is 11.0. The van der Waals surface area contributed by atoms with Crippen molar-refractivity contribution in [1.82, 2.24) is 5.32 Å². The molecule has 18 heavy (non-hydrogen) atoms. The molecular weight excluding hydrogens is 234 g/mol. The van der Waals surface area contributed by atoms with E-state index in [1.54, 1.807) is 6.92 Å². The minimum absolute atomic E-state index is 0.0184. The summed E-state index contributed by atoms with van der Waals surface area (Å²) in [5, 5.41) is 12.2. The van der Waals surface area contributed by atoms with Gasteiger partial charge in [-0.1, -0.05) is 13.3 Å². The summed E-state index contributed by atoms with van der Waals surface area (Å²) in [5.41, 5.74) is 0. The van der Waals surface area contributed by atoms with Gasteiger partial charge in [0.25, 0.3) is 0 Å². The molecule has 0 aliphatic rings. The minimum atomic E-state index is -0.318. The molecule has 0 aliphatic carbocycles. The Morgan fingerprint density at radius 2 is 2.11 bits per heavy atom. The first-order valence-corrected chi connectivity index (χ1v) is 6.79. The lowest BCUT2D eigenvalue weighted by atomic mass is 10.0. The van der Waals surface area contributed by atoms with Gasteiger partial charge in [0.1, 0.15) is 6.61 Å². The Morgan fingerprint density at radius 3 is 2.72 bits per heavy atom. The molecule has 1 atom stereocenters. The van der Waals surface area contributed by atoms with Crippen LogP contribution < -0.4 is 5.32 Å². The van der Waals surface area contributed by atoms with Crippen LogP contribution in [0.3, 0.4) is 0 Å². The molecule has 5 nitrogen and oxygen atoms in total. The summed E-state index contributed by atoms with van der Waals surface area (Å²) in [7, 11) is 0. The fraction of sp³-hybridized carbons (Fsp3) is 0.923. The fourth-order valence-electron chi connectivity index (χ4n) is 1.75. The quantitative estimate of drug-likeness (QED) is 0.404. The van der Waals surface area contributed by atoms with E-state index in [2.05, 4.69) is 12.2 Å². The zero-order valence-corrected chi connectivity index (χ0v) is 11.6. The van der Waals surface area contributed by atoms with E-state index >= 15 is 0 Å². The Hall–Kier alpha value is -0.650. The van der Waals surface area contributed by atoms with Gasteiger partial charge in [-0.3, -0.25) is 0 Å². The molecule has 0 radical (unpaired) electrons. The third kappa shape index (κ3) is 10.5. The van der Waals surface area contributed by atoms with Crippen LogP contribution in [0.4, 0.5) is 0 Å². The topological polar surface area (TPSA) is 67.8 Å². The number of aliphatic hydroxyl groups excluding tert-OH is 1. The maximum atomic E-state index is 11.0. The largest absolute Gasteiger partial charge is 0.464 e. The number of carbonyl (C=O) groups is 1. The van der Waals surface area contributed by atoms with Crippen LogP contribution in [-0.2, 0) is 14.3 Å². The van der Waals surface area contributed by atoms with Crippen LogP contribution in [0.15, 0.2) is 0 Å². The van der Waals surface area contributed by atoms with Crippen LogP contribution in [0.1, 0.15) is 33.1 Å². The van der Waals surface area contributed by atoms with E-state index in [0.717, 1.165) is 25.8 Å². The normalized spacial score (nSPS) is 12.4.